The van der Waals surface area contributed by atoms with E-state index in [2.05, 4.69) is 0 Å². The third kappa shape index (κ3) is 3.06. The van der Waals surface area contributed by atoms with E-state index in [-0.39, 0.29) is 12.2 Å². The second-order valence-corrected chi connectivity index (χ2v) is 3.88. The van der Waals surface area contributed by atoms with Crippen molar-refractivity contribution < 1.29 is 17.7 Å². The van der Waals surface area contributed by atoms with Crippen molar-refractivity contribution >= 4 is 12.4 Å². The summed E-state index contributed by atoms with van der Waals surface area (Å²) in [6, 6.07) is 14.3. The lowest BCUT2D eigenvalue weighted by Crippen LogP contribution is -2.37. The molecule has 0 unspecified atom stereocenters. The van der Waals surface area contributed by atoms with Gasteiger partial charge >= 0.3 is 6.98 Å². The van der Waals surface area contributed by atoms with E-state index in [1.54, 1.807) is 30.3 Å². The Morgan fingerprint density at radius 3 is 2.11 bits per heavy atom. The highest BCUT2D eigenvalue weighted by Crippen LogP contribution is 2.15. The van der Waals surface area contributed by atoms with Gasteiger partial charge in [0, 0.05) is 0 Å². The Morgan fingerprint density at radius 1 is 0.833 bits per heavy atom. The molecule has 0 fully saturated rings. The second-order valence-electron chi connectivity index (χ2n) is 3.88. The molecule has 0 aliphatic carbocycles. The van der Waals surface area contributed by atoms with Crippen LogP contribution >= 0.6 is 0 Å². The Labute approximate surface area is 103 Å². The maximum atomic E-state index is 12.8. The van der Waals surface area contributed by atoms with Crippen LogP contribution in [0.3, 0.4) is 0 Å². The van der Waals surface area contributed by atoms with Crippen LogP contribution in [-0.4, -0.2) is 6.98 Å². The first-order chi connectivity index (χ1) is 8.57. The second kappa shape index (κ2) is 5.17. The highest BCUT2D eigenvalue weighted by Gasteiger charge is 2.27. The molecule has 0 radical (unpaired) electrons. The van der Waals surface area contributed by atoms with Crippen molar-refractivity contribution in [2.75, 3.05) is 0 Å². The first-order valence-corrected chi connectivity index (χ1v) is 5.53. The molecule has 0 amide bonds. The maximum Gasteiger partial charge on any atom is 0.510 e. The van der Waals surface area contributed by atoms with Crippen LogP contribution in [0.5, 0.6) is 5.75 Å². The number of benzene rings is 2. The maximum absolute atomic E-state index is 12.8. The van der Waals surface area contributed by atoms with Crippen molar-refractivity contribution in [3.8, 4) is 5.75 Å². The van der Waals surface area contributed by atoms with Crippen LogP contribution in [0.15, 0.2) is 54.6 Å². The molecular formula is C13H11BF3O-. The zero-order valence-electron chi connectivity index (χ0n) is 9.52. The van der Waals surface area contributed by atoms with Crippen molar-refractivity contribution in [2.24, 2.45) is 0 Å². The van der Waals surface area contributed by atoms with Crippen molar-refractivity contribution in [2.45, 2.75) is 6.61 Å². The van der Waals surface area contributed by atoms with Crippen LogP contribution < -0.4 is 10.2 Å². The summed E-state index contributed by atoms with van der Waals surface area (Å²) in [6.07, 6.45) is 0. The van der Waals surface area contributed by atoms with Gasteiger partial charge in [0.2, 0.25) is 0 Å². The monoisotopic (exact) mass is 251 g/mol. The average molecular weight is 251 g/mol. The third-order valence-corrected chi connectivity index (χ3v) is 2.55. The van der Waals surface area contributed by atoms with E-state index in [0.29, 0.717) is 5.75 Å². The van der Waals surface area contributed by atoms with Gasteiger partial charge in [0.25, 0.3) is 0 Å². The van der Waals surface area contributed by atoms with Crippen LogP contribution in [0.4, 0.5) is 12.9 Å². The highest BCUT2D eigenvalue weighted by atomic mass is 19.4. The Balaban J connectivity index is 2.15. The Kier molecular flexibility index (Phi) is 3.60. The van der Waals surface area contributed by atoms with Crippen molar-refractivity contribution in [3.05, 3.63) is 60.2 Å². The molecule has 0 N–H and O–H groups in total. The smallest absolute Gasteiger partial charge is 0.489 e. The van der Waals surface area contributed by atoms with Gasteiger partial charge in [-0.05, 0) is 17.7 Å². The normalized spacial score (nSPS) is 11.3. The van der Waals surface area contributed by atoms with Gasteiger partial charge in [0.05, 0.1) is 0 Å². The Bertz CT molecular complexity index is 511. The number of para-hydroxylation sites is 1. The third-order valence-electron chi connectivity index (χ3n) is 2.55. The molecule has 2 aromatic carbocycles. The average Bonchev–Trinajstić information content (AvgIpc) is 2.37. The van der Waals surface area contributed by atoms with E-state index in [9.17, 15) is 12.9 Å². The molecule has 0 saturated heterocycles. The number of rotatable bonds is 4. The van der Waals surface area contributed by atoms with Crippen LogP contribution in [-0.2, 0) is 6.61 Å². The van der Waals surface area contributed by atoms with Crippen LogP contribution in [0.2, 0.25) is 0 Å². The zero-order valence-corrected chi connectivity index (χ0v) is 9.52. The summed E-state index contributed by atoms with van der Waals surface area (Å²) in [5, 5.41) is 0. The fourth-order valence-corrected chi connectivity index (χ4v) is 1.66. The summed E-state index contributed by atoms with van der Waals surface area (Å²) in [5.74, 6) is 0.557. The van der Waals surface area contributed by atoms with E-state index >= 15 is 0 Å². The van der Waals surface area contributed by atoms with Crippen molar-refractivity contribution in [3.63, 3.8) is 0 Å². The van der Waals surface area contributed by atoms with Gasteiger partial charge in [0.1, 0.15) is 12.4 Å². The SMILES string of the molecule is F[B-](F)(F)c1ccccc1COc1ccccc1. The molecule has 0 heterocycles. The largest absolute Gasteiger partial charge is 0.510 e. The van der Waals surface area contributed by atoms with E-state index in [1.165, 1.54) is 12.1 Å². The van der Waals surface area contributed by atoms with Gasteiger partial charge in [-0.2, -0.15) is 0 Å². The zero-order chi connectivity index (χ0) is 13.0. The Morgan fingerprint density at radius 2 is 1.44 bits per heavy atom. The summed E-state index contributed by atoms with van der Waals surface area (Å²) < 4.78 is 43.7. The summed E-state index contributed by atoms with van der Waals surface area (Å²) in [5.41, 5.74) is -0.428. The summed E-state index contributed by atoms with van der Waals surface area (Å²) >= 11 is 0. The van der Waals surface area contributed by atoms with Crippen LogP contribution in [0.1, 0.15) is 5.56 Å². The minimum Gasteiger partial charge on any atom is -0.489 e. The topological polar surface area (TPSA) is 9.23 Å². The minimum absolute atomic E-state index is 0.0819. The number of halogens is 3. The first kappa shape index (κ1) is 12.5. The number of hydrogen-bond acceptors (Lipinski definition) is 1. The van der Waals surface area contributed by atoms with Crippen LogP contribution in [0, 0.1) is 0 Å². The molecule has 0 spiro atoms. The van der Waals surface area contributed by atoms with Gasteiger partial charge < -0.3 is 17.7 Å². The van der Waals surface area contributed by atoms with Gasteiger partial charge in [-0.1, -0.05) is 42.5 Å². The van der Waals surface area contributed by atoms with Gasteiger partial charge in [-0.3, -0.25) is 0 Å². The van der Waals surface area contributed by atoms with Crippen molar-refractivity contribution in [1.29, 1.82) is 0 Å². The molecule has 0 bridgehead atoms. The number of hydrogen-bond donors (Lipinski definition) is 0. The molecule has 94 valence electrons. The van der Waals surface area contributed by atoms with E-state index < -0.39 is 12.4 Å². The molecule has 0 saturated carbocycles. The standard InChI is InChI=1S/C13H11BF3O/c15-14(16,17)13-9-5-4-6-11(13)10-18-12-7-2-1-3-8-12/h1-9H,10H2/q-1. The van der Waals surface area contributed by atoms with E-state index in [4.69, 9.17) is 4.74 Å². The van der Waals surface area contributed by atoms with Gasteiger partial charge in [0.15, 0.2) is 0 Å². The molecule has 0 aliphatic rings. The van der Waals surface area contributed by atoms with E-state index in [1.807, 2.05) is 6.07 Å². The summed E-state index contributed by atoms with van der Waals surface area (Å²) in [6.45, 7) is -5.08. The van der Waals surface area contributed by atoms with Gasteiger partial charge in [-0.25, -0.2) is 0 Å². The lowest BCUT2D eigenvalue weighted by atomic mass is 9.77. The molecule has 18 heavy (non-hydrogen) atoms. The molecule has 0 atom stereocenters. The quantitative estimate of drug-likeness (QED) is 0.757. The molecule has 2 rings (SSSR count). The predicted octanol–water partition coefficient (Wildman–Crippen LogP) is 3.32. The predicted molar refractivity (Wildman–Crippen MR) is 65.9 cm³/mol. The molecular weight excluding hydrogens is 240 g/mol. The van der Waals surface area contributed by atoms with Crippen molar-refractivity contribution in [1.82, 2.24) is 0 Å². The van der Waals surface area contributed by atoms with Crippen LogP contribution in [0.25, 0.3) is 0 Å². The number of ether oxygens (including phenoxy) is 1. The fraction of sp³-hybridized carbons (Fsp3) is 0.0769. The highest BCUT2D eigenvalue weighted by molar-refractivity contribution is 6.74. The Hall–Kier alpha value is -1.91. The molecule has 0 aromatic heterocycles. The fourth-order valence-electron chi connectivity index (χ4n) is 1.66. The van der Waals surface area contributed by atoms with Gasteiger partial charge in [-0.15, -0.1) is 5.46 Å². The molecule has 1 nitrogen and oxygen atoms in total. The molecule has 0 aliphatic heterocycles. The summed E-state index contributed by atoms with van der Waals surface area (Å²) in [7, 11) is 0. The molecule has 2 aromatic rings. The lowest BCUT2D eigenvalue weighted by Gasteiger charge is -2.19. The first-order valence-electron chi connectivity index (χ1n) is 5.53. The van der Waals surface area contributed by atoms with E-state index in [0.717, 1.165) is 6.07 Å². The molecule has 5 heteroatoms. The minimum atomic E-state index is -5.00. The summed E-state index contributed by atoms with van der Waals surface area (Å²) in [4.78, 5) is 0. The lowest BCUT2D eigenvalue weighted by molar-refractivity contribution is 0.306.